The predicted octanol–water partition coefficient (Wildman–Crippen LogP) is 5.16. The molecule has 2 aromatic rings. The van der Waals surface area contributed by atoms with E-state index in [9.17, 15) is 26.6 Å². The van der Waals surface area contributed by atoms with Crippen molar-refractivity contribution in [2.45, 2.75) is 12.8 Å². The average Bonchev–Trinajstić information content (AvgIpc) is 3.01. The van der Waals surface area contributed by atoms with Crippen molar-refractivity contribution in [1.82, 2.24) is 0 Å². The Morgan fingerprint density at radius 3 is 2.52 bits per heavy atom. The Labute approximate surface area is 175 Å². The molecule has 1 amide bonds. The molecule has 5 nitrogen and oxygen atoms in total. The molecule has 0 spiro atoms. The molecule has 0 saturated carbocycles. The van der Waals surface area contributed by atoms with Crippen molar-refractivity contribution in [2.24, 2.45) is 0 Å². The highest BCUT2D eigenvalue weighted by Gasteiger charge is 2.31. The van der Waals surface area contributed by atoms with Gasteiger partial charge in [-0.15, -0.1) is 13.2 Å². The summed E-state index contributed by atoms with van der Waals surface area (Å²) < 4.78 is 68.7. The molecule has 156 valence electrons. The highest BCUT2D eigenvalue weighted by molar-refractivity contribution is 7.86. The van der Waals surface area contributed by atoms with Crippen molar-refractivity contribution >= 4 is 51.5 Å². The Bertz CT molecular complexity index is 988. The summed E-state index contributed by atoms with van der Waals surface area (Å²) in [5.74, 6) is -2.01. The third-order valence-corrected chi connectivity index (χ3v) is 5.96. The molecule has 0 aliphatic carbocycles. The van der Waals surface area contributed by atoms with Gasteiger partial charge in [0.15, 0.2) is 0 Å². The van der Waals surface area contributed by atoms with Gasteiger partial charge in [0.25, 0.3) is 5.91 Å². The lowest BCUT2D eigenvalue weighted by Crippen LogP contribution is -2.21. The lowest BCUT2D eigenvalue weighted by molar-refractivity contribution is -0.274. The number of amides is 1. The van der Waals surface area contributed by atoms with Gasteiger partial charge in [-0.05, 0) is 30.7 Å². The molecule has 0 aromatic heterocycles. The number of nitrogens with zero attached hydrogens (tertiary/aromatic N) is 1. The summed E-state index contributed by atoms with van der Waals surface area (Å²) in [4.78, 5) is 12.6. The molecule has 2 aromatic carbocycles. The number of ether oxygens (including phenoxy) is 1. The van der Waals surface area contributed by atoms with Crippen molar-refractivity contribution in [2.75, 3.05) is 21.9 Å². The highest BCUT2D eigenvalue weighted by atomic mass is 35.5. The van der Waals surface area contributed by atoms with Gasteiger partial charge in [0.05, 0.1) is 16.3 Å². The van der Waals surface area contributed by atoms with E-state index in [1.165, 1.54) is 16.4 Å². The minimum Gasteiger partial charge on any atom is -0.406 e. The summed E-state index contributed by atoms with van der Waals surface area (Å²) in [7, 11) is -1.35. The van der Waals surface area contributed by atoms with Gasteiger partial charge in [0.1, 0.15) is 22.6 Å². The standard InChI is InChI=1S/C17H12Cl2F4N2O3S/c18-9-4-10(6-12(5-9)28-17(21,22)23)24-16(26)13-7-11(8-14(20)15(13)19)25-2-1-3-29(25)27/h4-8H,1-3H2,(H,24,26). The van der Waals surface area contributed by atoms with Gasteiger partial charge in [-0.3, -0.25) is 9.10 Å². The smallest absolute Gasteiger partial charge is 0.406 e. The van der Waals surface area contributed by atoms with Crippen LogP contribution in [0.1, 0.15) is 16.8 Å². The van der Waals surface area contributed by atoms with Gasteiger partial charge in [-0.2, -0.15) is 0 Å². The van der Waals surface area contributed by atoms with E-state index in [1.54, 1.807) is 0 Å². The van der Waals surface area contributed by atoms with Crippen LogP contribution >= 0.6 is 23.2 Å². The van der Waals surface area contributed by atoms with Crippen LogP contribution in [0, 0.1) is 5.82 Å². The summed E-state index contributed by atoms with van der Waals surface area (Å²) in [6.45, 7) is 0.418. The van der Waals surface area contributed by atoms with Crippen molar-refractivity contribution in [3.8, 4) is 5.75 Å². The van der Waals surface area contributed by atoms with Crippen LogP contribution in [0.5, 0.6) is 5.75 Å². The summed E-state index contributed by atoms with van der Waals surface area (Å²) in [5.41, 5.74) is -0.183. The zero-order valence-corrected chi connectivity index (χ0v) is 16.7. The summed E-state index contributed by atoms with van der Waals surface area (Å²) >= 11 is 11.7. The average molecular weight is 471 g/mol. The van der Waals surface area contributed by atoms with Gasteiger partial charge in [-0.1, -0.05) is 23.2 Å². The first-order valence-corrected chi connectivity index (χ1v) is 10.1. The van der Waals surface area contributed by atoms with Gasteiger partial charge in [-0.25, -0.2) is 8.60 Å². The largest absolute Gasteiger partial charge is 0.573 e. The van der Waals surface area contributed by atoms with Crippen molar-refractivity contribution < 1.29 is 31.3 Å². The first-order valence-electron chi connectivity index (χ1n) is 8.06. The number of carbonyl (C=O) groups excluding carboxylic acids is 1. The molecular weight excluding hydrogens is 459 g/mol. The van der Waals surface area contributed by atoms with E-state index in [0.29, 0.717) is 18.7 Å². The number of benzene rings is 2. The van der Waals surface area contributed by atoms with E-state index in [1.807, 2.05) is 0 Å². The van der Waals surface area contributed by atoms with Crippen LogP contribution in [0.25, 0.3) is 0 Å². The molecule has 3 rings (SSSR count). The minimum atomic E-state index is -4.95. The number of nitrogens with one attached hydrogen (secondary N) is 1. The van der Waals surface area contributed by atoms with E-state index in [2.05, 4.69) is 10.1 Å². The minimum absolute atomic E-state index is 0.117. The van der Waals surface area contributed by atoms with E-state index in [4.69, 9.17) is 23.2 Å². The monoisotopic (exact) mass is 470 g/mol. The molecule has 1 N–H and O–H groups in total. The Hall–Kier alpha value is -2.04. The molecular formula is C17H12Cl2F4N2O3S. The Morgan fingerprint density at radius 1 is 1.17 bits per heavy atom. The molecule has 1 atom stereocenters. The zero-order chi connectivity index (χ0) is 21.3. The van der Waals surface area contributed by atoms with Gasteiger partial charge in [0.2, 0.25) is 0 Å². The lowest BCUT2D eigenvalue weighted by atomic mass is 10.1. The fourth-order valence-corrected chi connectivity index (χ4v) is 4.39. The van der Waals surface area contributed by atoms with Crippen LogP contribution in [-0.4, -0.2) is 28.8 Å². The second kappa shape index (κ2) is 8.37. The number of hydrogen-bond donors (Lipinski definition) is 1. The molecule has 29 heavy (non-hydrogen) atoms. The second-order valence-electron chi connectivity index (χ2n) is 5.95. The maximum atomic E-state index is 14.2. The number of hydrogen-bond acceptors (Lipinski definition) is 3. The van der Waals surface area contributed by atoms with Gasteiger partial charge in [0, 0.05) is 29.1 Å². The number of halogens is 6. The third kappa shape index (κ3) is 5.31. The molecule has 1 saturated heterocycles. The SMILES string of the molecule is O=C(Nc1cc(Cl)cc(OC(F)(F)F)c1)c1cc(N2CCCS2=O)cc(F)c1Cl. The van der Waals surface area contributed by atoms with Gasteiger partial charge >= 0.3 is 6.36 Å². The van der Waals surface area contributed by atoms with Crippen LogP contribution in [0.4, 0.5) is 28.9 Å². The van der Waals surface area contributed by atoms with Gasteiger partial charge < -0.3 is 10.1 Å². The molecule has 1 fully saturated rings. The molecule has 1 aliphatic heterocycles. The van der Waals surface area contributed by atoms with Crippen LogP contribution in [0.15, 0.2) is 30.3 Å². The number of anilines is 2. The fraction of sp³-hybridized carbons (Fsp3) is 0.235. The summed E-state index contributed by atoms with van der Waals surface area (Å²) in [6, 6.07) is 5.34. The predicted molar refractivity (Wildman–Crippen MR) is 102 cm³/mol. The highest BCUT2D eigenvalue weighted by Crippen LogP contribution is 2.32. The maximum Gasteiger partial charge on any atom is 0.573 e. The topological polar surface area (TPSA) is 58.6 Å². The van der Waals surface area contributed by atoms with Crippen LogP contribution in [0.2, 0.25) is 10.0 Å². The number of rotatable bonds is 4. The quantitative estimate of drug-likeness (QED) is 0.628. The first kappa shape index (κ1) is 21.7. The first-order chi connectivity index (χ1) is 13.5. The molecule has 1 unspecified atom stereocenters. The Balaban J connectivity index is 1.89. The molecule has 0 radical (unpaired) electrons. The van der Waals surface area contributed by atoms with Crippen LogP contribution in [0.3, 0.4) is 0 Å². The Kier molecular flexibility index (Phi) is 6.25. The Morgan fingerprint density at radius 2 is 1.90 bits per heavy atom. The summed E-state index contributed by atoms with van der Waals surface area (Å²) in [5, 5.41) is 1.70. The second-order valence-corrected chi connectivity index (χ2v) is 8.25. The number of carbonyl (C=O) groups is 1. The van der Waals surface area contributed by atoms with Crippen LogP contribution in [-0.2, 0) is 11.0 Å². The van der Waals surface area contributed by atoms with Crippen molar-refractivity contribution in [1.29, 1.82) is 0 Å². The maximum absolute atomic E-state index is 14.2. The van der Waals surface area contributed by atoms with Crippen LogP contribution < -0.4 is 14.4 Å². The number of alkyl halides is 3. The van der Waals surface area contributed by atoms with E-state index >= 15 is 0 Å². The normalized spacial score (nSPS) is 16.8. The fourth-order valence-electron chi connectivity index (χ4n) is 2.70. The van der Waals surface area contributed by atoms with Crippen molar-refractivity contribution in [3.63, 3.8) is 0 Å². The van der Waals surface area contributed by atoms with E-state index in [-0.39, 0.29) is 22.0 Å². The zero-order valence-electron chi connectivity index (χ0n) is 14.4. The molecule has 1 heterocycles. The van der Waals surface area contributed by atoms with Crippen molar-refractivity contribution in [3.05, 3.63) is 51.8 Å². The lowest BCUT2D eigenvalue weighted by Gasteiger charge is -2.18. The van der Waals surface area contributed by atoms with E-state index in [0.717, 1.165) is 18.2 Å². The third-order valence-electron chi connectivity index (χ3n) is 3.83. The molecule has 12 heteroatoms. The molecule has 0 bridgehead atoms. The summed E-state index contributed by atoms with van der Waals surface area (Å²) in [6.07, 6.45) is -4.30. The molecule has 1 aliphatic rings. The van der Waals surface area contributed by atoms with E-state index < -0.39 is 39.8 Å².